The Morgan fingerprint density at radius 3 is 1.66 bits per heavy atom. The summed E-state index contributed by atoms with van der Waals surface area (Å²) < 4.78 is 1.82. The lowest BCUT2D eigenvalue weighted by molar-refractivity contribution is -0.124. The minimum atomic E-state index is -1.24. The fourth-order valence-electron chi connectivity index (χ4n) is 5.65. The van der Waals surface area contributed by atoms with Gasteiger partial charge in [0, 0.05) is 49.2 Å². The van der Waals surface area contributed by atoms with Gasteiger partial charge in [-0.2, -0.15) is 0 Å². The number of carbonyl (C=O) groups excluding carboxylic acids is 4. The summed E-state index contributed by atoms with van der Waals surface area (Å²) in [7, 11) is 3.23. The van der Waals surface area contributed by atoms with E-state index >= 15 is 0 Å². The third-order valence-corrected chi connectivity index (χ3v) is 7.62. The quantitative estimate of drug-likeness (QED) is 0.393. The van der Waals surface area contributed by atoms with Crippen molar-refractivity contribution in [2.45, 2.75) is 5.92 Å². The highest BCUT2D eigenvalue weighted by atomic mass is 16.2. The lowest BCUT2D eigenvalue weighted by atomic mass is 9.68. The van der Waals surface area contributed by atoms with Gasteiger partial charge in [0.05, 0.1) is 17.7 Å². The molecule has 2 amide bonds. The monoisotopic (exact) mass is 504 g/mol. The molecule has 2 atom stereocenters. The lowest BCUT2D eigenvalue weighted by Crippen LogP contribution is -2.52. The molecule has 3 heterocycles. The molecule has 0 N–H and O–H groups in total. The summed E-state index contributed by atoms with van der Waals surface area (Å²) in [6, 6.07) is 21.0. The zero-order chi connectivity index (χ0) is 26.6. The van der Waals surface area contributed by atoms with Crippen molar-refractivity contribution in [3.63, 3.8) is 0 Å². The van der Waals surface area contributed by atoms with Crippen molar-refractivity contribution in [3.05, 3.63) is 108 Å². The molecule has 8 nitrogen and oxygen atoms in total. The van der Waals surface area contributed by atoms with Gasteiger partial charge in [-0.05, 0) is 42.0 Å². The minimum Gasteiger partial charge on any atom is -0.314 e. The van der Waals surface area contributed by atoms with Crippen LogP contribution in [0.1, 0.15) is 32.2 Å². The average molecular weight is 505 g/mol. The van der Waals surface area contributed by atoms with E-state index in [-0.39, 0.29) is 0 Å². The molecule has 2 unspecified atom stereocenters. The van der Waals surface area contributed by atoms with Gasteiger partial charge in [0.1, 0.15) is 11.8 Å². The van der Waals surface area contributed by atoms with Crippen LogP contribution in [0.15, 0.2) is 91.5 Å². The van der Waals surface area contributed by atoms with Crippen LogP contribution in [0.5, 0.6) is 0 Å². The number of imidazole rings is 1. The number of hydrogen-bond acceptors (Lipinski definition) is 5. The zero-order valence-electron chi connectivity index (χ0n) is 20.8. The summed E-state index contributed by atoms with van der Waals surface area (Å²) in [6.45, 7) is 0. The number of ketones is 2. The number of rotatable bonds is 4. The van der Waals surface area contributed by atoms with Crippen molar-refractivity contribution in [2.75, 3.05) is 23.9 Å². The Balaban J connectivity index is 1.53. The van der Waals surface area contributed by atoms with E-state index in [1.807, 2.05) is 16.7 Å². The van der Waals surface area contributed by atoms with Crippen LogP contribution in [0, 0.1) is 11.8 Å². The topological polar surface area (TPSA) is 92.6 Å². The van der Waals surface area contributed by atoms with Crippen molar-refractivity contribution < 1.29 is 19.2 Å². The summed E-state index contributed by atoms with van der Waals surface area (Å²) >= 11 is 0. The van der Waals surface area contributed by atoms with E-state index in [1.165, 1.54) is 9.80 Å². The van der Waals surface area contributed by atoms with Crippen LogP contribution in [0.4, 0.5) is 11.4 Å². The standard InChI is InChI=1S/C30H24N4O4/c1-32-22-9-5-3-7-20(22)27(35)25(29(32)37)24(18-11-13-19(14-12-18)34-16-15-31-17-34)26-28(36)21-8-4-6-10-23(21)33(2)30(26)38/h3-17,24-26H,1-2H3. The van der Waals surface area contributed by atoms with Gasteiger partial charge in [0.2, 0.25) is 11.8 Å². The molecule has 38 heavy (non-hydrogen) atoms. The summed E-state index contributed by atoms with van der Waals surface area (Å²) in [5.41, 5.74) is 3.19. The number of fused-ring (bicyclic) bond motifs is 2. The molecule has 1 aromatic heterocycles. The number of nitrogens with zero attached hydrogens (tertiary/aromatic N) is 4. The van der Waals surface area contributed by atoms with Crippen molar-refractivity contribution in [3.8, 4) is 5.69 Å². The van der Waals surface area contributed by atoms with Gasteiger partial charge in [-0.3, -0.25) is 19.2 Å². The number of para-hydroxylation sites is 2. The maximum absolute atomic E-state index is 13.9. The number of amides is 2. The van der Waals surface area contributed by atoms with Gasteiger partial charge < -0.3 is 14.4 Å². The van der Waals surface area contributed by atoms with Crippen molar-refractivity contribution in [2.24, 2.45) is 11.8 Å². The Hall–Kier alpha value is -4.85. The second-order valence-corrected chi connectivity index (χ2v) is 9.60. The fraction of sp³-hybridized carbons (Fsp3) is 0.167. The summed E-state index contributed by atoms with van der Waals surface area (Å²) in [6.07, 6.45) is 5.12. The average Bonchev–Trinajstić information content (AvgIpc) is 3.49. The van der Waals surface area contributed by atoms with E-state index in [4.69, 9.17) is 0 Å². The second-order valence-electron chi connectivity index (χ2n) is 9.60. The molecule has 0 spiro atoms. The highest BCUT2D eigenvalue weighted by Crippen LogP contribution is 2.45. The number of carbonyl (C=O) groups is 4. The van der Waals surface area contributed by atoms with Gasteiger partial charge in [0.15, 0.2) is 11.6 Å². The van der Waals surface area contributed by atoms with Gasteiger partial charge in [-0.15, -0.1) is 0 Å². The van der Waals surface area contributed by atoms with Crippen LogP contribution < -0.4 is 9.80 Å². The Morgan fingerprint density at radius 1 is 0.684 bits per heavy atom. The van der Waals surface area contributed by atoms with Crippen LogP contribution in [-0.2, 0) is 9.59 Å². The molecule has 2 aliphatic heterocycles. The van der Waals surface area contributed by atoms with Crippen molar-refractivity contribution >= 4 is 34.8 Å². The number of Topliss-reactive ketones (excluding diaryl/α,β-unsaturated/α-hetero) is 2. The first-order valence-electron chi connectivity index (χ1n) is 12.3. The van der Waals surface area contributed by atoms with Crippen LogP contribution in [0.25, 0.3) is 5.69 Å². The molecule has 0 bridgehead atoms. The normalized spacial score (nSPS) is 19.8. The largest absolute Gasteiger partial charge is 0.314 e. The van der Waals surface area contributed by atoms with E-state index < -0.39 is 41.1 Å². The van der Waals surface area contributed by atoms with Crippen LogP contribution in [-0.4, -0.2) is 47.0 Å². The SMILES string of the molecule is CN1C(=O)C(C(c2ccc(-n3ccnc3)cc2)C2C(=O)c3ccccc3N(C)C2=O)C(=O)c2ccccc21. The molecule has 0 aliphatic carbocycles. The van der Waals surface area contributed by atoms with Crippen LogP contribution in [0.3, 0.4) is 0 Å². The highest BCUT2D eigenvalue weighted by molar-refractivity contribution is 6.25. The first kappa shape index (κ1) is 23.5. The summed E-state index contributed by atoms with van der Waals surface area (Å²) in [4.78, 5) is 62.4. The van der Waals surface area contributed by atoms with Gasteiger partial charge >= 0.3 is 0 Å². The maximum Gasteiger partial charge on any atom is 0.238 e. The van der Waals surface area contributed by atoms with E-state index in [0.29, 0.717) is 28.1 Å². The Morgan fingerprint density at radius 2 is 1.18 bits per heavy atom. The predicted molar refractivity (Wildman–Crippen MR) is 142 cm³/mol. The second kappa shape index (κ2) is 8.92. The number of benzene rings is 3. The smallest absolute Gasteiger partial charge is 0.238 e. The Labute approximate surface area is 219 Å². The number of anilines is 2. The van der Waals surface area contributed by atoms with Crippen LogP contribution in [0.2, 0.25) is 0 Å². The third-order valence-electron chi connectivity index (χ3n) is 7.62. The highest BCUT2D eigenvalue weighted by Gasteiger charge is 2.52. The number of hydrogen-bond donors (Lipinski definition) is 0. The molecule has 0 saturated carbocycles. The molecular formula is C30H24N4O4. The van der Waals surface area contributed by atoms with Crippen molar-refractivity contribution in [1.82, 2.24) is 9.55 Å². The lowest BCUT2D eigenvalue weighted by Gasteiger charge is -2.40. The molecule has 188 valence electrons. The molecule has 3 aromatic carbocycles. The third kappa shape index (κ3) is 3.48. The van der Waals surface area contributed by atoms with Crippen LogP contribution >= 0.6 is 0 Å². The maximum atomic E-state index is 13.9. The van der Waals surface area contributed by atoms with E-state index in [1.54, 1.807) is 93.5 Å². The first-order valence-corrected chi connectivity index (χ1v) is 12.3. The number of aromatic nitrogens is 2. The minimum absolute atomic E-state index is 0.393. The molecule has 0 saturated heterocycles. The molecule has 6 rings (SSSR count). The summed E-state index contributed by atoms with van der Waals surface area (Å²) in [5.74, 6) is -5.17. The van der Waals surface area contributed by atoms with Gasteiger partial charge in [-0.1, -0.05) is 36.4 Å². The molecule has 4 aromatic rings. The van der Waals surface area contributed by atoms with Gasteiger partial charge in [-0.25, -0.2) is 4.98 Å². The van der Waals surface area contributed by atoms with Gasteiger partial charge in [0.25, 0.3) is 0 Å². The fourth-order valence-corrected chi connectivity index (χ4v) is 5.65. The van der Waals surface area contributed by atoms with E-state index in [9.17, 15) is 19.2 Å². The Kier molecular flexibility index (Phi) is 5.52. The first-order chi connectivity index (χ1) is 18.4. The van der Waals surface area contributed by atoms with E-state index in [2.05, 4.69) is 4.98 Å². The molecular weight excluding hydrogens is 480 g/mol. The molecule has 2 aliphatic rings. The Bertz CT molecular complexity index is 1510. The molecule has 0 radical (unpaired) electrons. The van der Waals surface area contributed by atoms with E-state index in [0.717, 1.165) is 5.69 Å². The molecule has 0 fully saturated rings. The zero-order valence-corrected chi connectivity index (χ0v) is 20.8. The summed E-state index contributed by atoms with van der Waals surface area (Å²) in [5, 5.41) is 0. The molecule has 8 heteroatoms. The predicted octanol–water partition coefficient (Wildman–Crippen LogP) is 3.91. The van der Waals surface area contributed by atoms with Crippen molar-refractivity contribution in [1.29, 1.82) is 0 Å².